The van der Waals surface area contributed by atoms with Crippen molar-refractivity contribution in [2.75, 3.05) is 29.4 Å². The van der Waals surface area contributed by atoms with Gasteiger partial charge in [0, 0.05) is 42.6 Å². The highest BCUT2D eigenvalue weighted by Gasteiger charge is 2.27. The molecule has 0 saturated carbocycles. The van der Waals surface area contributed by atoms with Crippen LogP contribution in [0.25, 0.3) is 5.78 Å². The first-order valence-corrected chi connectivity index (χ1v) is 8.80. The Morgan fingerprint density at radius 3 is 2.72 bits per heavy atom. The zero-order chi connectivity index (χ0) is 17.6. The van der Waals surface area contributed by atoms with Crippen molar-refractivity contribution in [3.8, 4) is 0 Å². The predicted molar refractivity (Wildman–Crippen MR) is 100 cm³/mol. The third-order valence-corrected chi connectivity index (χ3v) is 5.14. The van der Waals surface area contributed by atoms with Gasteiger partial charge in [0.25, 0.3) is 5.78 Å². The summed E-state index contributed by atoms with van der Waals surface area (Å²) in [6, 6.07) is 9.18. The van der Waals surface area contributed by atoms with Crippen molar-refractivity contribution >= 4 is 17.3 Å². The molecule has 1 unspecified atom stereocenters. The van der Waals surface area contributed by atoms with Gasteiger partial charge in [-0.2, -0.15) is 14.6 Å². The molecule has 1 atom stereocenters. The van der Waals surface area contributed by atoms with Crippen LogP contribution in [0.15, 0.2) is 30.6 Å². The number of aromatic nitrogens is 4. The quantitative estimate of drug-likeness (QED) is 0.720. The second-order valence-corrected chi connectivity index (χ2v) is 6.95. The van der Waals surface area contributed by atoms with Gasteiger partial charge in [-0.25, -0.2) is 4.98 Å². The molecule has 130 valence electrons. The van der Waals surface area contributed by atoms with E-state index in [1.807, 2.05) is 11.4 Å². The van der Waals surface area contributed by atoms with Crippen molar-refractivity contribution in [2.24, 2.45) is 0 Å². The Morgan fingerprint density at radius 1 is 1.12 bits per heavy atom. The van der Waals surface area contributed by atoms with Crippen LogP contribution < -0.4 is 9.80 Å². The molecule has 0 N–H and O–H groups in total. The van der Waals surface area contributed by atoms with Crippen molar-refractivity contribution in [1.29, 1.82) is 0 Å². The number of benzene rings is 1. The highest BCUT2D eigenvalue weighted by Crippen LogP contribution is 2.27. The topological polar surface area (TPSA) is 49.6 Å². The van der Waals surface area contributed by atoms with Crippen LogP contribution in [0.3, 0.4) is 0 Å². The molecule has 0 bridgehead atoms. The molecule has 0 radical (unpaired) electrons. The second kappa shape index (κ2) is 6.02. The zero-order valence-electron chi connectivity index (χ0n) is 15.3. The van der Waals surface area contributed by atoms with Crippen molar-refractivity contribution < 1.29 is 0 Å². The van der Waals surface area contributed by atoms with Crippen LogP contribution >= 0.6 is 0 Å². The Hall–Kier alpha value is -2.63. The minimum Gasteiger partial charge on any atom is -0.365 e. The number of anilines is 2. The summed E-state index contributed by atoms with van der Waals surface area (Å²) in [6.07, 6.45) is 1.58. The Kier molecular flexibility index (Phi) is 3.82. The molecule has 2 aromatic heterocycles. The van der Waals surface area contributed by atoms with E-state index in [1.165, 1.54) is 16.8 Å². The van der Waals surface area contributed by atoms with Gasteiger partial charge >= 0.3 is 0 Å². The predicted octanol–water partition coefficient (Wildman–Crippen LogP) is 2.76. The molecule has 6 heteroatoms. The molecule has 25 heavy (non-hydrogen) atoms. The molecule has 1 aliphatic rings. The highest BCUT2D eigenvalue weighted by atomic mass is 15.4. The molecule has 4 rings (SSSR count). The van der Waals surface area contributed by atoms with Crippen LogP contribution in [0, 0.1) is 20.8 Å². The average Bonchev–Trinajstić information content (AvgIpc) is 3.03. The highest BCUT2D eigenvalue weighted by molar-refractivity contribution is 5.57. The number of fused-ring (bicyclic) bond motifs is 1. The largest absolute Gasteiger partial charge is 0.365 e. The third kappa shape index (κ3) is 2.71. The number of hydrogen-bond donors (Lipinski definition) is 0. The van der Waals surface area contributed by atoms with E-state index in [9.17, 15) is 0 Å². The minimum atomic E-state index is 0.419. The lowest BCUT2D eigenvalue weighted by Gasteiger charge is -2.42. The Morgan fingerprint density at radius 2 is 1.96 bits per heavy atom. The number of piperazine rings is 1. The van der Waals surface area contributed by atoms with Crippen molar-refractivity contribution in [2.45, 2.75) is 33.7 Å². The number of rotatable bonds is 2. The van der Waals surface area contributed by atoms with Gasteiger partial charge in [-0.15, -0.1) is 0 Å². The monoisotopic (exact) mass is 336 g/mol. The van der Waals surface area contributed by atoms with Gasteiger partial charge in [0.1, 0.15) is 12.1 Å². The van der Waals surface area contributed by atoms with Crippen LogP contribution in [0.5, 0.6) is 0 Å². The van der Waals surface area contributed by atoms with Crippen molar-refractivity contribution in [1.82, 2.24) is 19.6 Å². The van der Waals surface area contributed by atoms with Gasteiger partial charge in [-0.1, -0.05) is 12.1 Å². The third-order valence-electron chi connectivity index (χ3n) is 5.14. The van der Waals surface area contributed by atoms with Gasteiger partial charge in [0.15, 0.2) is 0 Å². The van der Waals surface area contributed by atoms with Gasteiger partial charge in [-0.3, -0.25) is 0 Å². The summed E-state index contributed by atoms with van der Waals surface area (Å²) in [5.74, 6) is 1.79. The molecule has 1 saturated heterocycles. The lowest BCUT2D eigenvalue weighted by Crippen LogP contribution is -2.53. The smallest absolute Gasteiger partial charge is 0.254 e. The first-order valence-electron chi connectivity index (χ1n) is 8.80. The fraction of sp³-hybridized carbons (Fsp3) is 0.421. The van der Waals surface area contributed by atoms with Crippen LogP contribution in [-0.4, -0.2) is 45.3 Å². The molecule has 1 aliphatic heterocycles. The Bertz CT molecular complexity index is 915. The molecule has 3 aromatic rings. The number of nitrogens with zero attached hydrogens (tertiary/aromatic N) is 6. The van der Waals surface area contributed by atoms with Crippen LogP contribution in [0.1, 0.15) is 23.7 Å². The van der Waals surface area contributed by atoms with Crippen molar-refractivity contribution in [3.63, 3.8) is 0 Å². The molecule has 0 amide bonds. The Labute approximate surface area is 148 Å². The lowest BCUT2D eigenvalue weighted by molar-refractivity contribution is 0.542. The summed E-state index contributed by atoms with van der Waals surface area (Å²) in [6.45, 7) is 11.5. The molecule has 1 fully saturated rings. The number of hydrogen-bond acceptors (Lipinski definition) is 5. The molecule has 0 spiro atoms. The summed E-state index contributed by atoms with van der Waals surface area (Å²) in [5, 5.41) is 4.40. The summed E-state index contributed by atoms with van der Waals surface area (Å²) >= 11 is 0. The van der Waals surface area contributed by atoms with Gasteiger partial charge in [-0.05, 0) is 45.4 Å². The summed E-state index contributed by atoms with van der Waals surface area (Å²) in [5.41, 5.74) is 4.80. The van der Waals surface area contributed by atoms with Crippen molar-refractivity contribution in [3.05, 3.63) is 47.4 Å². The first-order chi connectivity index (χ1) is 12.0. The zero-order valence-corrected chi connectivity index (χ0v) is 15.3. The summed E-state index contributed by atoms with van der Waals surface area (Å²) in [7, 11) is 0. The maximum Gasteiger partial charge on any atom is 0.254 e. The maximum atomic E-state index is 4.53. The van der Waals surface area contributed by atoms with E-state index >= 15 is 0 Å². The molecular weight excluding hydrogens is 312 g/mol. The molecule has 1 aromatic carbocycles. The Balaban J connectivity index is 1.65. The fourth-order valence-electron chi connectivity index (χ4n) is 3.73. The molecule has 3 heterocycles. The number of aryl methyl sites for hydroxylation is 2. The van der Waals surface area contributed by atoms with E-state index in [0.29, 0.717) is 11.8 Å². The second-order valence-electron chi connectivity index (χ2n) is 6.95. The minimum absolute atomic E-state index is 0.419. The van der Waals surface area contributed by atoms with E-state index in [2.05, 4.69) is 69.9 Å². The molecule has 0 aliphatic carbocycles. The van der Waals surface area contributed by atoms with Crippen LogP contribution in [0.2, 0.25) is 0 Å². The normalized spacial score (nSPS) is 18.2. The molecule has 6 nitrogen and oxygen atoms in total. The maximum absolute atomic E-state index is 4.53. The first kappa shape index (κ1) is 15.9. The van der Waals surface area contributed by atoms with E-state index in [0.717, 1.165) is 31.1 Å². The SMILES string of the molecule is Cc1cccc(N2CCN(c3c(C)c(C)nc4ncnn34)CC2C)c1. The van der Waals surface area contributed by atoms with Gasteiger partial charge < -0.3 is 9.80 Å². The van der Waals surface area contributed by atoms with E-state index in [-0.39, 0.29) is 0 Å². The van der Waals surface area contributed by atoms with Crippen LogP contribution in [-0.2, 0) is 0 Å². The van der Waals surface area contributed by atoms with Crippen LogP contribution in [0.4, 0.5) is 11.5 Å². The molecular formula is C19H24N6. The van der Waals surface area contributed by atoms with Gasteiger partial charge in [0.05, 0.1) is 0 Å². The summed E-state index contributed by atoms with van der Waals surface area (Å²) < 4.78 is 1.87. The standard InChI is InChI=1S/C19H24N6/c1-13-6-5-7-17(10-13)24-9-8-23(11-14(24)2)18-15(3)16(4)22-19-20-12-21-25(18)19/h5-7,10,12,14H,8-9,11H2,1-4H3. The van der Waals surface area contributed by atoms with E-state index < -0.39 is 0 Å². The van der Waals surface area contributed by atoms with E-state index in [1.54, 1.807) is 6.33 Å². The van der Waals surface area contributed by atoms with Gasteiger partial charge in [0.2, 0.25) is 0 Å². The summed E-state index contributed by atoms with van der Waals surface area (Å²) in [4.78, 5) is 13.7. The fourth-order valence-corrected chi connectivity index (χ4v) is 3.73. The lowest BCUT2D eigenvalue weighted by atomic mass is 10.1. The van der Waals surface area contributed by atoms with E-state index in [4.69, 9.17) is 0 Å². The average molecular weight is 336 g/mol.